The maximum absolute atomic E-state index is 12.0. The van der Waals surface area contributed by atoms with Gasteiger partial charge >= 0.3 is 6.09 Å². The van der Waals surface area contributed by atoms with E-state index >= 15 is 0 Å². The predicted molar refractivity (Wildman–Crippen MR) is 78.5 cm³/mol. The van der Waals surface area contributed by atoms with E-state index in [0.717, 1.165) is 19.3 Å². The molecule has 22 heavy (non-hydrogen) atoms. The van der Waals surface area contributed by atoms with Gasteiger partial charge in [-0.3, -0.25) is 0 Å². The average Bonchev–Trinajstić information content (AvgIpc) is 2.93. The van der Waals surface area contributed by atoms with Gasteiger partial charge in [-0.2, -0.15) is 4.57 Å². The van der Waals surface area contributed by atoms with Crippen LogP contribution in [-0.2, 0) is 17.9 Å². The molecule has 2 heterocycles. The lowest BCUT2D eigenvalue weighted by Crippen LogP contribution is -3.00. The van der Waals surface area contributed by atoms with E-state index in [2.05, 4.69) is 19.9 Å². The van der Waals surface area contributed by atoms with Crippen LogP contribution in [0.5, 0.6) is 0 Å². The summed E-state index contributed by atoms with van der Waals surface area (Å²) in [7, 11) is 0. The van der Waals surface area contributed by atoms with Gasteiger partial charge in [-0.15, -0.1) is 0 Å². The summed E-state index contributed by atoms with van der Waals surface area (Å²) in [6.45, 7) is 5.24. The van der Waals surface area contributed by atoms with Crippen molar-refractivity contribution in [3.05, 3.63) is 30.1 Å². The number of carbonyl (C=O) groups is 1. The Balaban J connectivity index is 0.00000242. The van der Waals surface area contributed by atoms with E-state index < -0.39 is 0 Å². The van der Waals surface area contributed by atoms with Crippen molar-refractivity contribution in [3.63, 3.8) is 0 Å². The standard InChI is InChI=1S/C16H25N2O3.ClH/c1-13(2)9-14-5-3-7-17(10-14)12-21-16(20)18-8-4-6-15(18)11-19;/h3,5,7,10,13,15,19H,4,6,8-9,11-12H2,1-2H3;1H/q+1;/p-1/t15-;/m0./s1. The zero-order chi connectivity index (χ0) is 15.2. The maximum atomic E-state index is 12.0. The van der Waals surface area contributed by atoms with Gasteiger partial charge in [0.2, 0.25) is 0 Å². The summed E-state index contributed by atoms with van der Waals surface area (Å²) in [5, 5.41) is 9.24. The number of hydrogen-bond donors (Lipinski definition) is 1. The number of aliphatic hydroxyl groups excluding tert-OH is 1. The van der Waals surface area contributed by atoms with Gasteiger partial charge in [-0.25, -0.2) is 4.79 Å². The first-order valence-corrected chi connectivity index (χ1v) is 7.62. The number of likely N-dealkylation sites (tertiary alicyclic amines) is 1. The highest BCUT2D eigenvalue weighted by molar-refractivity contribution is 5.68. The van der Waals surface area contributed by atoms with Crippen LogP contribution >= 0.6 is 0 Å². The Morgan fingerprint density at radius 1 is 1.55 bits per heavy atom. The van der Waals surface area contributed by atoms with Crippen molar-refractivity contribution in [3.8, 4) is 0 Å². The Bertz CT molecular complexity index is 482. The molecule has 0 radical (unpaired) electrons. The first-order valence-electron chi connectivity index (χ1n) is 7.62. The van der Waals surface area contributed by atoms with Gasteiger partial charge < -0.3 is 27.2 Å². The van der Waals surface area contributed by atoms with E-state index in [4.69, 9.17) is 4.74 Å². The Labute approximate surface area is 138 Å². The summed E-state index contributed by atoms with van der Waals surface area (Å²) in [4.78, 5) is 13.7. The smallest absolute Gasteiger partial charge is 0.414 e. The Morgan fingerprint density at radius 2 is 2.32 bits per heavy atom. The molecule has 5 nitrogen and oxygen atoms in total. The SMILES string of the molecule is CC(C)Cc1ccc[n+](COC(=O)N2CCC[C@H]2CO)c1.[Cl-]. The van der Waals surface area contributed by atoms with Crippen molar-refractivity contribution in [2.75, 3.05) is 13.2 Å². The lowest BCUT2D eigenvalue weighted by molar-refractivity contribution is -0.727. The summed E-state index contributed by atoms with van der Waals surface area (Å²) >= 11 is 0. The number of aliphatic hydroxyl groups is 1. The molecule has 1 fully saturated rings. The fourth-order valence-corrected chi connectivity index (χ4v) is 2.73. The first-order chi connectivity index (χ1) is 10.1. The van der Waals surface area contributed by atoms with Crippen LogP contribution in [0, 0.1) is 5.92 Å². The molecular formula is C16H25ClN2O3. The molecular weight excluding hydrogens is 304 g/mol. The first kappa shape index (κ1) is 18.7. The van der Waals surface area contributed by atoms with Gasteiger partial charge in [0.05, 0.1) is 12.6 Å². The number of aromatic nitrogens is 1. The van der Waals surface area contributed by atoms with Crippen molar-refractivity contribution >= 4 is 6.09 Å². The molecule has 1 atom stereocenters. The third-order valence-corrected chi connectivity index (χ3v) is 3.72. The zero-order valence-corrected chi connectivity index (χ0v) is 14.0. The van der Waals surface area contributed by atoms with Crippen LogP contribution in [0.2, 0.25) is 0 Å². The minimum absolute atomic E-state index is 0. The predicted octanol–water partition coefficient (Wildman–Crippen LogP) is -1.27. The van der Waals surface area contributed by atoms with E-state index in [1.807, 2.05) is 23.0 Å². The summed E-state index contributed by atoms with van der Waals surface area (Å²) in [6.07, 6.45) is 6.35. The van der Waals surface area contributed by atoms with Crippen LogP contribution in [0.4, 0.5) is 4.79 Å². The summed E-state index contributed by atoms with van der Waals surface area (Å²) in [5.74, 6) is 0.596. The van der Waals surface area contributed by atoms with Crippen LogP contribution in [-0.4, -0.2) is 35.3 Å². The van der Waals surface area contributed by atoms with Gasteiger partial charge in [0.1, 0.15) is 0 Å². The number of pyridine rings is 1. The van der Waals surface area contributed by atoms with Crippen molar-refractivity contribution in [2.45, 2.75) is 45.9 Å². The molecule has 1 aliphatic rings. The minimum atomic E-state index is -0.340. The summed E-state index contributed by atoms with van der Waals surface area (Å²) in [5.41, 5.74) is 1.23. The molecule has 0 aliphatic carbocycles. The third-order valence-electron chi connectivity index (χ3n) is 3.72. The van der Waals surface area contributed by atoms with Crippen LogP contribution in [0.1, 0.15) is 32.3 Å². The number of amides is 1. The molecule has 0 aromatic carbocycles. The Hall–Kier alpha value is -1.33. The maximum Gasteiger partial charge on any atom is 0.414 e. The lowest BCUT2D eigenvalue weighted by Gasteiger charge is -2.21. The Morgan fingerprint density at radius 3 is 3.00 bits per heavy atom. The van der Waals surface area contributed by atoms with Crippen LogP contribution in [0.25, 0.3) is 0 Å². The molecule has 1 N–H and O–H groups in total. The molecule has 6 heteroatoms. The van der Waals surface area contributed by atoms with E-state index in [9.17, 15) is 9.90 Å². The largest absolute Gasteiger partial charge is 1.00 e. The van der Waals surface area contributed by atoms with Crippen molar-refractivity contribution < 1.29 is 31.6 Å². The molecule has 1 aromatic heterocycles. The van der Waals surface area contributed by atoms with Crippen molar-refractivity contribution in [1.29, 1.82) is 0 Å². The number of halogens is 1. The molecule has 0 bridgehead atoms. The molecule has 124 valence electrons. The topological polar surface area (TPSA) is 53.7 Å². The molecule has 1 saturated heterocycles. The van der Waals surface area contributed by atoms with Gasteiger partial charge in [0.15, 0.2) is 12.4 Å². The van der Waals surface area contributed by atoms with Gasteiger partial charge in [-0.1, -0.05) is 13.8 Å². The highest BCUT2D eigenvalue weighted by Gasteiger charge is 2.29. The third kappa shape index (κ3) is 5.14. The van der Waals surface area contributed by atoms with E-state index in [0.29, 0.717) is 12.5 Å². The molecule has 0 saturated carbocycles. The molecule has 0 spiro atoms. The quantitative estimate of drug-likeness (QED) is 0.686. The Kier molecular flexibility index (Phi) is 7.62. The van der Waals surface area contributed by atoms with Gasteiger partial charge in [-0.05, 0) is 31.2 Å². The normalized spacial score (nSPS) is 17.5. The zero-order valence-electron chi connectivity index (χ0n) is 13.2. The second-order valence-electron chi connectivity index (χ2n) is 6.04. The van der Waals surface area contributed by atoms with Crippen molar-refractivity contribution in [2.24, 2.45) is 5.92 Å². The van der Waals surface area contributed by atoms with Crippen LogP contribution < -0.4 is 17.0 Å². The van der Waals surface area contributed by atoms with Gasteiger partial charge in [0.25, 0.3) is 6.73 Å². The number of ether oxygens (including phenoxy) is 1. The van der Waals surface area contributed by atoms with E-state index in [1.165, 1.54) is 5.56 Å². The van der Waals surface area contributed by atoms with Crippen LogP contribution in [0.15, 0.2) is 24.5 Å². The molecule has 2 rings (SSSR count). The number of carbonyl (C=O) groups excluding carboxylic acids is 1. The molecule has 1 aliphatic heterocycles. The average molecular weight is 329 g/mol. The monoisotopic (exact) mass is 328 g/mol. The molecule has 1 amide bonds. The highest BCUT2D eigenvalue weighted by atomic mass is 35.5. The fourth-order valence-electron chi connectivity index (χ4n) is 2.73. The molecule has 0 unspecified atom stereocenters. The highest BCUT2D eigenvalue weighted by Crippen LogP contribution is 2.17. The minimum Gasteiger partial charge on any atom is -1.00 e. The second kappa shape index (κ2) is 8.96. The summed E-state index contributed by atoms with van der Waals surface area (Å²) < 4.78 is 7.22. The second-order valence-corrected chi connectivity index (χ2v) is 6.04. The van der Waals surface area contributed by atoms with Gasteiger partial charge in [0, 0.05) is 18.2 Å². The van der Waals surface area contributed by atoms with Crippen molar-refractivity contribution in [1.82, 2.24) is 4.90 Å². The van der Waals surface area contributed by atoms with E-state index in [1.54, 1.807) is 4.90 Å². The van der Waals surface area contributed by atoms with E-state index in [-0.39, 0.29) is 37.9 Å². The fraction of sp³-hybridized carbons (Fsp3) is 0.625. The number of hydrogen-bond acceptors (Lipinski definition) is 3. The number of rotatable bonds is 5. The van der Waals surface area contributed by atoms with Crippen LogP contribution in [0.3, 0.4) is 0 Å². The number of nitrogens with zero attached hydrogens (tertiary/aromatic N) is 2. The summed E-state index contributed by atoms with van der Waals surface area (Å²) in [6, 6.07) is 3.97. The lowest BCUT2D eigenvalue weighted by atomic mass is 10.1. The molecule has 1 aromatic rings.